The summed E-state index contributed by atoms with van der Waals surface area (Å²) < 4.78 is 2.82. The predicted octanol–water partition coefficient (Wildman–Crippen LogP) is -0.0236. The van der Waals surface area contributed by atoms with Crippen molar-refractivity contribution < 1.29 is 24.3 Å². The molecule has 0 radical (unpaired) electrons. The topological polar surface area (TPSA) is 152 Å². The van der Waals surface area contributed by atoms with E-state index in [-0.39, 0.29) is 37.7 Å². The number of carbonyl (C=O) groups is 4. The molecule has 0 spiro atoms. The first-order valence-electron chi connectivity index (χ1n) is 9.84. The Bertz CT molecular complexity index is 1280. The van der Waals surface area contributed by atoms with Crippen molar-refractivity contribution in [2.24, 2.45) is 0 Å². The summed E-state index contributed by atoms with van der Waals surface area (Å²) in [4.78, 5) is 49.0. The normalized spacial score (nSPS) is 18.1. The number of carboxylic acid groups (broad SMARTS) is 1. The standard InChI is InChI=1S/C20H17N7O5/c28-17-5-4-16(19(31)22-17)26-8-13-12(20(26)32)2-1-3-15(13)27-9-14(23-24-27)11-6-21-25(7-11)10-18(29)30/h1-3,6-7,9,16H,4-5,8,10H2,(H,29,30)(H,22,28,31). The molecule has 5 rings (SSSR count). The van der Waals surface area contributed by atoms with E-state index in [9.17, 15) is 19.2 Å². The van der Waals surface area contributed by atoms with Gasteiger partial charge < -0.3 is 10.0 Å². The molecular formula is C20H17N7O5. The van der Waals surface area contributed by atoms with Crippen molar-refractivity contribution in [2.45, 2.75) is 32.0 Å². The van der Waals surface area contributed by atoms with Crippen molar-refractivity contribution >= 4 is 23.7 Å². The van der Waals surface area contributed by atoms with Gasteiger partial charge in [0.05, 0.1) is 18.1 Å². The summed E-state index contributed by atoms with van der Waals surface area (Å²) >= 11 is 0. The van der Waals surface area contributed by atoms with Crippen LogP contribution < -0.4 is 5.32 Å². The number of piperidine rings is 1. The maximum Gasteiger partial charge on any atom is 0.325 e. The van der Waals surface area contributed by atoms with Crippen molar-refractivity contribution in [3.63, 3.8) is 0 Å². The highest BCUT2D eigenvalue weighted by molar-refractivity contribution is 6.05. The van der Waals surface area contributed by atoms with E-state index in [1.807, 2.05) is 0 Å². The van der Waals surface area contributed by atoms with Gasteiger partial charge in [0.1, 0.15) is 18.3 Å². The smallest absolute Gasteiger partial charge is 0.325 e. The van der Waals surface area contributed by atoms with E-state index in [1.165, 1.54) is 20.5 Å². The molecule has 2 N–H and O–H groups in total. The number of rotatable bonds is 5. The summed E-state index contributed by atoms with van der Waals surface area (Å²) in [5.74, 6) is -2.08. The van der Waals surface area contributed by atoms with E-state index in [0.717, 1.165) is 0 Å². The first-order valence-corrected chi connectivity index (χ1v) is 9.84. The van der Waals surface area contributed by atoms with Gasteiger partial charge in [0, 0.05) is 35.9 Å². The molecule has 2 aliphatic heterocycles. The van der Waals surface area contributed by atoms with Crippen molar-refractivity contribution in [1.29, 1.82) is 0 Å². The van der Waals surface area contributed by atoms with Crippen molar-refractivity contribution in [2.75, 3.05) is 0 Å². The molecule has 32 heavy (non-hydrogen) atoms. The first kappa shape index (κ1) is 19.6. The Morgan fingerprint density at radius 1 is 1.22 bits per heavy atom. The van der Waals surface area contributed by atoms with E-state index in [2.05, 4.69) is 20.7 Å². The molecular weight excluding hydrogens is 418 g/mol. The third kappa shape index (κ3) is 3.31. The highest BCUT2D eigenvalue weighted by atomic mass is 16.4. The van der Waals surface area contributed by atoms with E-state index >= 15 is 0 Å². The van der Waals surface area contributed by atoms with Gasteiger partial charge in [-0.3, -0.25) is 29.2 Å². The van der Waals surface area contributed by atoms with Crippen LogP contribution in [-0.2, 0) is 27.5 Å². The number of hydrogen-bond acceptors (Lipinski definition) is 7. The monoisotopic (exact) mass is 435 g/mol. The Hall–Kier alpha value is -4.35. The van der Waals surface area contributed by atoms with Crippen LogP contribution in [0.4, 0.5) is 0 Å². The Labute approximate surface area is 180 Å². The van der Waals surface area contributed by atoms with Gasteiger partial charge in [0.25, 0.3) is 5.91 Å². The maximum atomic E-state index is 13.0. The van der Waals surface area contributed by atoms with Gasteiger partial charge in [-0.1, -0.05) is 11.3 Å². The van der Waals surface area contributed by atoms with Crippen LogP contribution in [0.3, 0.4) is 0 Å². The quantitative estimate of drug-likeness (QED) is 0.530. The van der Waals surface area contributed by atoms with Gasteiger partial charge in [0.15, 0.2) is 0 Å². The van der Waals surface area contributed by atoms with Crippen molar-refractivity contribution in [3.05, 3.63) is 47.9 Å². The minimum atomic E-state index is -1.01. The fraction of sp³-hybridized carbons (Fsp3) is 0.250. The molecule has 1 unspecified atom stereocenters. The summed E-state index contributed by atoms with van der Waals surface area (Å²) in [6, 6.07) is 4.52. The maximum absolute atomic E-state index is 13.0. The molecule has 1 aromatic carbocycles. The molecule has 0 saturated carbocycles. The second kappa shape index (κ2) is 7.41. The summed E-state index contributed by atoms with van der Waals surface area (Å²) in [5.41, 5.74) is 2.91. The number of fused-ring (bicyclic) bond motifs is 1. The van der Waals surface area contributed by atoms with Crippen LogP contribution in [0.1, 0.15) is 28.8 Å². The molecule has 1 atom stereocenters. The summed E-state index contributed by atoms with van der Waals surface area (Å²) in [6.07, 6.45) is 5.20. The molecule has 0 aliphatic carbocycles. The average molecular weight is 435 g/mol. The van der Waals surface area contributed by atoms with Crippen LogP contribution in [0.5, 0.6) is 0 Å². The lowest BCUT2D eigenvalue weighted by Gasteiger charge is -2.29. The van der Waals surface area contributed by atoms with Gasteiger partial charge in [-0.05, 0) is 18.6 Å². The Balaban J connectivity index is 1.43. The van der Waals surface area contributed by atoms with Gasteiger partial charge in [-0.2, -0.15) is 5.10 Å². The fourth-order valence-electron chi connectivity index (χ4n) is 4.02. The number of imide groups is 1. The average Bonchev–Trinajstić information content (AvgIpc) is 3.47. The third-order valence-corrected chi connectivity index (χ3v) is 5.52. The van der Waals surface area contributed by atoms with Crippen LogP contribution >= 0.6 is 0 Å². The second-order valence-corrected chi connectivity index (χ2v) is 7.57. The number of carbonyl (C=O) groups excluding carboxylic acids is 3. The van der Waals surface area contributed by atoms with E-state index in [4.69, 9.17) is 5.11 Å². The highest BCUT2D eigenvalue weighted by Gasteiger charge is 2.40. The Morgan fingerprint density at radius 3 is 2.84 bits per heavy atom. The number of amides is 3. The first-order chi connectivity index (χ1) is 15.4. The van der Waals surface area contributed by atoms with Crippen molar-refractivity contribution in [3.8, 4) is 16.9 Å². The summed E-state index contributed by atoms with van der Waals surface area (Å²) in [7, 11) is 0. The number of aliphatic carboxylic acids is 1. The number of hydrogen-bond donors (Lipinski definition) is 2. The molecule has 3 amide bonds. The number of nitrogens with one attached hydrogen (secondary N) is 1. The molecule has 4 heterocycles. The molecule has 12 heteroatoms. The molecule has 2 aliphatic rings. The van der Waals surface area contributed by atoms with Crippen LogP contribution in [0.2, 0.25) is 0 Å². The molecule has 0 bridgehead atoms. The highest BCUT2D eigenvalue weighted by Crippen LogP contribution is 2.31. The van der Waals surface area contributed by atoms with Gasteiger partial charge in [-0.15, -0.1) is 5.10 Å². The second-order valence-electron chi connectivity index (χ2n) is 7.57. The molecule has 1 fully saturated rings. The number of aromatic nitrogens is 5. The van der Waals surface area contributed by atoms with Gasteiger partial charge >= 0.3 is 5.97 Å². The minimum Gasteiger partial charge on any atom is -0.480 e. The Kier molecular flexibility index (Phi) is 4.54. The number of carboxylic acids is 1. The zero-order chi connectivity index (χ0) is 22.4. The third-order valence-electron chi connectivity index (χ3n) is 5.52. The van der Waals surface area contributed by atoms with Gasteiger partial charge in [-0.25, -0.2) is 4.68 Å². The van der Waals surface area contributed by atoms with Gasteiger partial charge in [0.2, 0.25) is 11.8 Å². The lowest BCUT2D eigenvalue weighted by Crippen LogP contribution is -2.52. The molecule has 3 aromatic rings. The number of benzene rings is 1. The Morgan fingerprint density at radius 2 is 2.06 bits per heavy atom. The van der Waals surface area contributed by atoms with Crippen molar-refractivity contribution in [1.82, 2.24) is 35.0 Å². The van der Waals surface area contributed by atoms with Crippen LogP contribution in [-0.4, -0.2) is 64.5 Å². The lowest BCUT2D eigenvalue weighted by atomic mass is 10.0. The van der Waals surface area contributed by atoms with E-state index in [0.29, 0.717) is 28.1 Å². The SMILES string of the molecule is O=C(O)Cn1cc(-c2cn(-c3cccc4c3CN(C3CCC(=O)NC3=O)C4=O)nn2)cn1. The van der Waals surface area contributed by atoms with Crippen LogP contribution in [0.25, 0.3) is 16.9 Å². The fourth-order valence-corrected chi connectivity index (χ4v) is 4.02. The molecule has 162 valence electrons. The molecule has 2 aromatic heterocycles. The number of nitrogens with zero attached hydrogens (tertiary/aromatic N) is 6. The largest absolute Gasteiger partial charge is 0.480 e. The summed E-state index contributed by atoms with van der Waals surface area (Å²) in [5, 5.41) is 23.5. The van der Waals surface area contributed by atoms with E-state index < -0.39 is 17.9 Å². The minimum absolute atomic E-state index is 0.186. The zero-order valence-electron chi connectivity index (χ0n) is 16.6. The van der Waals surface area contributed by atoms with Crippen LogP contribution in [0, 0.1) is 0 Å². The lowest BCUT2D eigenvalue weighted by molar-refractivity contribution is -0.138. The zero-order valence-corrected chi connectivity index (χ0v) is 16.6. The van der Waals surface area contributed by atoms with Crippen LogP contribution in [0.15, 0.2) is 36.8 Å². The molecule has 1 saturated heterocycles. The summed E-state index contributed by atoms with van der Waals surface area (Å²) in [6.45, 7) is -0.0546. The molecule has 12 nitrogen and oxygen atoms in total. The predicted molar refractivity (Wildman–Crippen MR) is 106 cm³/mol. The van der Waals surface area contributed by atoms with E-state index in [1.54, 1.807) is 30.6 Å².